The average Bonchev–Trinajstić information content (AvgIpc) is 2.35. The van der Waals surface area contributed by atoms with Crippen molar-refractivity contribution in [1.29, 1.82) is 5.26 Å². The van der Waals surface area contributed by atoms with Gasteiger partial charge in [0.1, 0.15) is 18.1 Å². The normalized spacial score (nSPS) is 11.4. The van der Waals surface area contributed by atoms with Crippen molar-refractivity contribution in [2.75, 3.05) is 7.11 Å². The van der Waals surface area contributed by atoms with Gasteiger partial charge in [-0.15, -0.1) is 0 Å². The number of carbonyl (C=O) groups excluding carboxylic acids is 1. The molecule has 88 valence electrons. The second-order valence-electron chi connectivity index (χ2n) is 3.15. The van der Waals surface area contributed by atoms with Gasteiger partial charge in [-0.2, -0.15) is 5.26 Å². The fourth-order valence-electron chi connectivity index (χ4n) is 1.34. The third-order valence-corrected chi connectivity index (χ3v) is 2.18. The molecule has 1 unspecified atom stereocenters. The number of benzene rings is 1. The molecule has 0 aliphatic carbocycles. The predicted octanol–water partition coefficient (Wildman–Crippen LogP) is 0.497. The molecule has 0 saturated carbocycles. The summed E-state index contributed by atoms with van der Waals surface area (Å²) in [6.07, 6.45) is -1.46. The van der Waals surface area contributed by atoms with Crippen molar-refractivity contribution in [2.24, 2.45) is 0 Å². The highest BCUT2D eigenvalue weighted by Crippen LogP contribution is 2.26. The Labute approximate surface area is 96.7 Å². The number of methoxy groups -OCH3 is 1. The number of rotatable bonds is 4. The van der Waals surface area contributed by atoms with Gasteiger partial charge in [-0.25, -0.2) is 4.79 Å². The summed E-state index contributed by atoms with van der Waals surface area (Å²) in [4.78, 5) is 21.4. The van der Waals surface area contributed by atoms with Crippen LogP contribution in [0.2, 0.25) is 0 Å². The zero-order chi connectivity index (χ0) is 13.0. The number of nitriles is 1. The van der Waals surface area contributed by atoms with Crippen LogP contribution >= 0.6 is 0 Å². The van der Waals surface area contributed by atoms with Crippen LogP contribution in [0.25, 0.3) is 0 Å². The van der Waals surface area contributed by atoms with Gasteiger partial charge in [0.15, 0.2) is 6.10 Å². The van der Waals surface area contributed by atoms with Crippen LogP contribution in [0, 0.1) is 11.3 Å². The predicted molar refractivity (Wildman–Crippen MR) is 55.7 cm³/mol. The molecule has 0 aromatic heterocycles. The standard InChI is InChI=1S/C11H9NO5/c1-17-9-3-8(10(14)11(15)16)7(5-13)2-6(9)4-12/h2-3,5,10,14H,1H3,(H,15,16). The van der Waals surface area contributed by atoms with E-state index < -0.39 is 12.1 Å². The Hall–Kier alpha value is -2.39. The van der Waals surface area contributed by atoms with Gasteiger partial charge in [0.25, 0.3) is 0 Å². The Bertz CT molecular complexity index is 503. The number of aliphatic hydroxyl groups is 1. The third-order valence-electron chi connectivity index (χ3n) is 2.18. The first-order valence-electron chi connectivity index (χ1n) is 4.53. The van der Waals surface area contributed by atoms with Crippen molar-refractivity contribution in [3.05, 3.63) is 28.8 Å². The van der Waals surface area contributed by atoms with Crippen molar-refractivity contribution in [1.82, 2.24) is 0 Å². The molecule has 6 nitrogen and oxygen atoms in total. The van der Waals surface area contributed by atoms with E-state index >= 15 is 0 Å². The molecule has 0 heterocycles. The van der Waals surface area contributed by atoms with Gasteiger partial charge >= 0.3 is 5.97 Å². The number of hydrogen-bond donors (Lipinski definition) is 2. The van der Waals surface area contributed by atoms with E-state index in [1.54, 1.807) is 6.07 Å². The summed E-state index contributed by atoms with van der Waals surface area (Å²) in [6, 6.07) is 4.15. The second-order valence-corrected chi connectivity index (χ2v) is 3.15. The molecule has 1 aromatic rings. The summed E-state index contributed by atoms with van der Waals surface area (Å²) in [6.45, 7) is 0. The number of carboxylic acids is 1. The molecule has 0 amide bonds. The van der Waals surface area contributed by atoms with Gasteiger partial charge in [0.2, 0.25) is 0 Å². The monoisotopic (exact) mass is 235 g/mol. The molecule has 6 heteroatoms. The number of carboxylic acid groups (broad SMARTS) is 1. The molecule has 1 atom stereocenters. The van der Waals surface area contributed by atoms with Gasteiger partial charge in [0, 0.05) is 11.1 Å². The third kappa shape index (κ3) is 2.41. The van der Waals surface area contributed by atoms with Gasteiger partial charge in [-0.05, 0) is 12.1 Å². The quantitative estimate of drug-likeness (QED) is 0.735. The molecular weight excluding hydrogens is 226 g/mol. The number of hydrogen-bond acceptors (Lipinski definition) is 5. The molecule has 2 N–H and O–H groups in total. The van der Waals surface area contributed by atoms with Crippen LogP contribution in [0.5, 0.6) is 5.75 Å². The summed E-state index contributed by atoms with van der Waals surface area (Å²) in [5.41, 5.74) is -0.0726. The van der Waals surface area contributed by atoms with E-state index in [9.17, 15) is 14.7 Å². The summed E-state index contributed by atoms with van der Waals surface area (Å²) < 4.78 is 4.86. The highest BCUT2D eigenvalue weighted by atomic mass is 16.5. The van der Waals surface area contributed by atoms with Gasteiger partial charge in [0.05, 0.1) is 12.7 Å². The van der Waals surface area contributed by atoms with Crippen molar-refractivity contribution in [3.8, 4) is 11.8 Å². The zero-order valence-corrected chi connectivity index (χ0v) is 8.88. The number of ether oxygens (including phenoxy) is 1. The van der Waals surface area contributed by atoms with E-state index in [2.05, 4.69) is 0 Å². The minimum atomic E-state index is -1.84. The van der Waals surface area contributed by atoms with E-state index in [4.69, 9.17) is 15.1 Å². The second kappa shape index (κ2) is 5.09. The highest BCUT2D eigenvalue weighted by molar-refractivity contribution is 5.84. The smallest absolute Gasteiger partial charge is 0.337 e. The Kier molecular flexibility index (Phi) is 3.80. The largest absolute Gasteiger partial charge is 0.495 e. The van der Waals surface area contributed by atoms with Crippen molar-refractivity contribution >= 4 is 12.3 Å². The molecular formula is C11H9NO5. The molecule has 0 spiro atoms. The zero-order valence-electron chi connectivity index (χ0n) is 8.88. The lowest BCUT2D eigenvalue weighted by Gasteiger charge is -2.11. The Morgan fingerprint density at radius 1 is 1.59 bits per heavy atom. The summed E-state index contributed by atoms with van der Waals surface area (Å²) in [5.74, 6) is -1.38. The van der Waals surface area contributed by atoms with Crippen LogP contribution < -0.4 is 4.74 Å². The van der Waals surface area contributed by atoms with Crippen molar-refractivity contribution < 1.29 is 24.5 Å². The lowest BCUT2D eigenvalue weighted by Crippen LogP contribution is -2.13. The molecule has 1 rings (SSSR count). The van der Waals surface area contributed by atoms with Crippen molar-refractivity contribution in [2.45, 2.75) is 6.10 Å². The van der Waals surface area contributed by atoms with E-state index in [0.717, 1.165) is 0 Å². The van der Waals surface area contributed by atoms with Gasteiger partial charge < -0.3 is 14.9 Å². The fourth-order valence-corrected chi connectivity index (χ4v) is 1.34. The minimum Gasteiger partial charge on any atom is -0.495 e. The van der Waals surface area contributed by atoms with Gasteiger partial charge in [-0.1, -0.05) is 0 Å². The molecule has 0 fully saturated rings. The molecule has 17 heavy (non-hydrogen) atoms. The van der Waals surface area contributed by atoms with Crippen LogP contribution in [0.1, 0.15) is 27.6 Å². The number of carbonyl (C=O) groups is 2. The lowest BCUT2D eigenvalue weighted by molar-refractivity contribution is -0.146. The highest BCUT2D eigenvalue weighted by Gasteiger charge is 2.21. The molecule has 0 aliphatic heterocycles. The van der Waals surface area contributed by atoms with Crippen LogP contribution in [0.3, 0.4) is 0 Å². The molecule has 0 radical (unpaired) electrons. The SMILES string of the molecule is COc1cc(C(O)C(=O)O)c(C=O)cc1C#N. The number of aliphatic carboxylic acids is 1. The fraction of sp³-hybridized carbons (Fsp3) is 0.182. The maximum Gasteiger partial charge on any atom is 0.337 e. The van der Waals surface area contributed by atoms with E-state index in [0.29, 0.717) is 6.29 Å². The first kappa shape index (κ1) is 12.7. The number of aliphatic hydroxyl groups excluding tert-OH is 1. The summed E-state index contributed by atoms with van der Waals surface area (Å²) in [5, 5.41) is 26.9. The number of aldehydes is 1. The van der Waals surface area contributed by atoms with E-state index in [-0.39, 0.29) is 22.4 Å². The Morgan fingerprint density at radius 2 is 2.24 bits per heavy atom. The first-order chi connectivity index (χ1) is 8.04. The average molecular weight is 235 g/mol. The topological polar surface area (TPSA) is 108 Å². The summed E-state index contributed by atoms with van der Waals surface area (Å²) in [7, 11) is 1.30. The Balaban J connectivity index is 3.45. The lowest BCUT2D eigenvalue weighted by atomic mass is 10.00. The first-order valence-corrected chi connectivity index (χ1v) is 4.53. The number of nitrogens with zero attached hydrogens (tertiary/aromatic N) is 1. The van der Waals surface area contributed by atoms with Crippen molar-refractivity contribution in [3.63, 3.8) is 0 Å². The molecule has 1 aromatic carbocycles. The van der Waals surface area contributed by atoms with Gasteiger partial charge in [-0.3, -0.25) is 4.79 Å². The van der Waals surface area contributed by atoms with E-state index in [1.807, 2.05) is 0 Å². The van der Waals surface area contributed by atoms with Crippen LogP contribution in [-0.2, 0) is 4.79 Å². The Morgan fingerprint density at radius 3 is 2.65 bits per heavy atom. The van der Waals surface area contributed by atoms with E-state index in [1.165, 1.54) is 19.2 Å². The molecule has 0 aliphatic rings. The van der Waals surface area contributed by atoms with Crippen LogP contribution in [0.4, 0.5) is 0 Å². The maximum atomic E-state index is 10.8. The molecule has 0 bridgehead atoms. The molecule has 0 saturated heterocycles. The minimum absolute atomic E-state index is 0.0581. The van der Waals surface area contributed by atoms with Crippen LogP contribution in [0.15, 0.2) is 12.1 Å². The van der Waals surface area contributed by atoms with Crippen LogP contribution in [-0.4, -0.2) is 29.6 Å². The summed E-state index contributed by atoms with van der Waals surface area (Å²) >= 11 is 0. The maximum absolute atomic E-state index is 10.8.